The van der Waals surface area contributed by atoms with E-state index >= 15 is 0 Å². The number of carbonyl (C=O) groups excluding carboxylic acids is 2. The van der Waals surface area contributed by atoms with E-state index < -0.39 is 18.0 Å². The van der Waals surface area contributed by atoms with Crippen molar-refractivity contribution in [3.8, 4) is 0 Å². The Labute approximate surface area is 110 Å². The summed E-state index contributed by atoms with van der Waals surface area (Å²) < 4.78 is 12.6. The summed E-state index contributed by atoms with van der Waals surface area (Å²) in [6.07, 6.45) is 4.94. The minimum absolute atomic E-state index is 0. The molecule has 0 bridgehead atoms. The van der Waals surface area contributed by atoms with Gasteiger partial charge in [-0.3, -0.25) is 0 Å². The predicted molar refractivity (Wildman–Crippen MR) is 53.3 cm³/mol. The van der Waals surface area contributed by atoms with Crippen molar-refractivity contribution in [3.63, 3.8) is 0 Å². The molecule has 0 saturated carbocycles. The third-order valence-corrected chi connectivity index (χ3v) is 2.02. The highest BCUT2D eigenvalue weighted by molar-refractivity contribution is 5.97. The van der Waals surface area contributed by atoms with E-state index in [0.29, 0.717) is 0 Å². The van der Waals surface area contributed by atoms with Crippen LogP contribution in [0.25, 0.3) is 0 Å². The maximum atomic E-state index is 11.6. The zero-order valence-corrected chi connectivity index (χ0v) is 11.5. The molecule has 0 aliphatic heterocycles. The van der Waals surface area contributed by atoms with Gasteiger partial charge in [0.2, 0.25) is 6.33 Å². The van der Waals surface area contributed by atoms with Gasteiger partial charge in [0.25, 0.3) is 6.04 Å². The molecule has 1 aromatic heterocycles. The number of hydrogen-bond donors (Lipinski definition) is 0. The van der Waals surface area contributed by atoms with Crippen molar-refractivity contribution in [2.45, 2.75) is 13.0 Å². The zero-order chi connectivity index (χ0) is 12.1. The van der Waals surface area contributed by atoms with E-state index in [4.69, 9.17) is 4.74 Å². The van der Waals surface area contributed by atoms with Crippen molar-refractivity contribution in [1.82, 2.24) is 4.57 Å². The summed E-state index contributed by atoms with van der Waals surface area (Å²) >= 11 is 0. The van der Waals surface area contributed by atoms with E-state index in [1.54, 1.807) is 37.3 Å². The molecule has 0 spiro atoms. The molecule has 17 heavy (non-hydrogen) atoms. The lowest BCUT2D eigenvalue weighted by molar-refractivity contribution is -0.671. The number of nitrogens with zero attached hydrogens (tertiary/aromatic N) is 2. The SMILES string of the molecule is CCOC(=O)[C@@H](C(=O)OC)n1cc[n+](C)c1.[Br-]. The summed E-state index contributed by atoms with van der Waals surface area (Å²) in [6, 6.07) is -1.08. The molecule has 7 heteroatoms. The molecular formula is C10H15BrN2O4. The molecule has 96 valence electrons. The van der Waals surface area contributed by atoms with E-state index in [-0.39, 0.29) is 23.6 Å². The number of imidazole rings is 1. The molecule has 6 nitrogen and oxygen atoms in total. The normalized spacial score (nSPS) is 11.2. The first-order chi connectivity index (χ1) is 7.60. The van der Waals surface area contributed by atoms with Crippen molar-refractivity contribution in [2.24, 2.45) is 7.05 Å². The van der Waals surface area contributed by atoms with Gasteiger partial charge in [0.05, 0.1) is 20.8 Å². The van der Waals surface area contributed by atoms with Crippen LogP contribution < -0.4 is 21.5 Å². The molecule has 0 unspecified atom stereocenters. The van der Waals surface area contributed by atoms with Gasteiger partial charge < -0.3 is 26.5 Å². The average Bonchev–Trinajstić information content (AvgIpc) is 2.65. The molecular weight excluding hydrogens is 292 g/mol. The van der Waals surface area contributed by atoms with Crippen LogP contribution in [0.3, 0.4) is 0 Å². The van der Waals surface area contributed by atoms with Gasteiger partial charge in [-0.25, -0.2) is 18.7 Å². The lowest BCUT2D eigenvalue weighted by Crippen LogP contribution is -3.00. The van der Waals surface area contributed by atoms with Crippen LogP contribution in [0.15, 0.2) is 18.7 Å². The van der Waals surface area contributed by atoms with E-state index in [1.165, 1.54) is 11.7 Å². The van der Waals surface area contributed by atoms with Crippen LogP contribution in [0.2, 0.25) is 0 Å². The Morgan fingerprint density at radius 3 is 2.47 bits per heavy atom. The Balaban J connectivity index is 0.00000256. The molecule has 0 saturated heterocycles. The maximum Gasteiger partial charge on any atom is 0.363 e. The van der Waals surface area contributed by atoms with Gasteiger partial charge in [0.15, 0.2) is 0 Å². The average molecular weight is 307 g/mol. The number of aromatic nitrogens is 2. The van der Waals surface area contributed by atoms with Gasteiger partial charge in [-0.05, 0) is 6.92 Å². The summed E-state index contributed by atoms with van der Waals surface area (Å²) in [4.78, 5) is 23.1. The van der Waals surface area contributed by atoms with Crippen molar-refractivity contribution in [3.05, 3.63) is 18.7 Å². The lowest BCUT2D eigenvalue weighted by atomic mass is 10.3. The first-order valence-electron chi connectivity index (χ1n) is 4.87. The largest absolute Gasteiger partial charge is 1.00 e. The highest BCUT2D eigenvalue weighted by Crippen LogP contribution is 2.09. The molecule has 0 aliphatic rings. The van der Waals surface area contributed by atoms with E-state index in [1.807, 2.05) is 0 Å². The van der Waals surface area contributed by atoms with E-state index in [2.05, 4.69) is 4.74 Å². The Kier molecular flexibility index (Phi) is 6.48. The van der Waals surface area contributed by atoms with Crippen molar-refractivity contribution in [1.29, 1.82) is 0 Å². The Morgan fingerprint density at radius 1 is 1.41 bits per heavy atom. The quantitative estimate of drug-likeness (QED) is 0.330. The minimum atomic E-state index is -1.08. The molecule has 0 aliphatic carbocycles. The van der Waals surface area contributed by atoms with Crippen LogP contribution in [-0.4, -0.2) is 30.2 Å². The Hall–Kier alpha value is -1.37. The maximum absolute atomic E-state index is 11.6. The van der Waals surface area contributed by atoms with E-state index in [0.717, 1.165) is 0 Å². The number of ether oxygens (including phenoxy) is 2. The van der Waals surface area contributed by atoms with Gasteiger partial charge in [-0.2, -0.15) is 0 Å². The van der Waals surface area contributed by atoms with Gasteiger partial charge >= 0.3 is 11.9 Å². The lowest BCUT2D eigenvalue weighted by Gasteiger charge is -2.09. The van der Waals surface area contributed by atoms with Gasteiger partial charge in [-0.1, -0.05) is 0 Å². The summed E-state index contributed by atoms with van der Waals surface area (Å²) in [7, 11) is 3.02. The molecule has 1 heterocycles. The van der Waals surface area contributed by atoms with E-state index in [9.17, 15) is 9.59 Å². The molecule has 0 aromatic carbocycles. The fourth-order valence-electron chi connectivity index (χ4n) is 1.29. The number of aryl methyl sites for hydroxylation is 1. The fourth-order valence-corrected chi connectivity index (χ4v) is 1.29. The summed E-state index contributed by atoms with van der Waals surface area (Å²) in [6.45, 7) is 1.90. The number of methoxy groups -OCH3 is 1. The first-order valence-corrected chi connectivity index (χ1v) is 4.87. The van der Waals surface area contributed by atoms with Crippen LogP contribution in [0.4, 0.5) is 0 Å². The van der Waals surface area contributed by atoms with Gasteiger partial charge in [0, 0.05) is 0 Å². The molecule has 0 amide bonds. The van der Waals surface area contributed by atoms with Gasteiger partial charge in [0.1, 0.15) is 12.4 Å². The number of rotatable bonds is 4. The van der Waals surface area contributed by atoms with Gasteiger partial charge in [-0.15, -0.1) is 0 Å². The summed E-state index contributed by atoms with van der Waals surface area (Å²) in [5, 5.41) is 0. The highest BCUT2D eigenvalue weighted by Gasteiger charge is 2.35. The standard InChI is InChI=1S/C10H15N2O4.BrH/c1-4-16-10(14)8(9(13)15-3)12-6-5-11(2)7-12;/h5-8H,4H2,1-3H3;1H/q+1;/p-1/t8-;/m1./s1. The molecule has 1 atom stereocenters. The zero-order valence-electron chi connectivity index (χ0n) is 9.92. The predicted octanol–water partition coefficient (Wildman–Crippen LogP) is -3.41. The topological polar surface area (TPSA) is 61.4 Å². The van der Waals surface area contributed by atoms with Crippen LogP contribution >= 0.6 is 0 Å². The first kappa shape index (κ1) is 15.6. The second-order valence-electron chi connectivity index (χ2n) is 3.20. The van der Waals surface area contributed by atoms with Crippen LogP contribution in [0, 0.1) is 0 Å². The smallest absolute Gasteiger partial charge is 0.363 e. The molecule has 0 radical (unpaired) electrons. The fraction of sp³-hybridized carbons (Fsp3) is 0.500. The van der Waals surface area contributed by atoms with Crippen molar-refractivity contribution < 1.29 is 40.6 Å². The van der Waals surface area contributed by atoms with Crippen LogP contribution in [-0.2, 0) is 26.1 Å². The van der Waals surface area contributed by atoms with Crippen LogP contribution in [0.1, 0.15) is 13.0 Å². The Bertz CT molecular complexity index is 391. The third kappa shape index (κ3) is 3.85. The Morgan fingerprint density at radius 2 is 2.06 bits per heavy atom. The van der Waals surface area contributed by atoms with Crippen molar-refractivity contribution >= 4 is 11.9 Å². The molecule has 0 N–H and O–H groups in total. The second kappa shape index (κ2) is 7.05. The number of halogens is 1. The highest BCUT2D eigenvalue weighted by atomic mass is 79.9. The molecule has 1 aromatic rings. The van der Waals surface area contributed by atoms with Crippen LogP contribution in [0.5, 0.6) is 0 Å². The second-order valence-corrected chi connectivity index (χ2v) is 3.20. The summed E-state index contributed by atoms with van der Waals surface area (Å²) in [5.74, 6) is -1.26. The third-order valence-electron chi connectivity index (χ3n) is 2.02. The van der Waals surface area contributed by atoms with Crippen molar-refractivity contribution in [2.75, 3.05) is 13.7 Å². The number of hydrogen-bond acceptors (Lipinski definition) is 4. The number of carbonyl (C=O) groups is 2. The monoisotopic (exact) mass is 306 g/mol. The molecule has 0 fully saturated rings. The summed E-state index contributed by atoms with van der Waals surface area (Å²) in [5.41, 5.74) is 0. The number of esters is 2. The molecule has 1 rings (SSSR count). The minimum Gasteiger partial charge on any atom is -1.00 e.